The van der Waals surface area contributed by atoms with Crippen LogP contribution >= 0.6 is 0 Å². The van der Waals surface area contributed by atoms with Crippen molar-refractivity contribution in [1.29, 1.82) is 0 Å². The normalized spacial score (nSPS) is 22.6. The lowest BCUT2D eigenvalue weighted by Gasteiger charge is -2.13. The predicted molar refractivity (Wildman–Crippen MR) is 65.3 cm³/mol. The van der Waals surface area contributed by atoms with Gasteiger partial charge < -0.3 is 9.63 Å². The van der Waals surface area contributed by atoms with Crippen LogP contribution in [0.5, 0.6) is 5.75 Å². The summed E-state index contributed by atoms with van der Waals surface area (Å²) in [7, 11) is 0. The van der Waals surface area contributed by atoms with E-state index in [0.29, 0.717) is 12.0 Å². The number of alkyl halides is 3. The van der Waals surface area contributed by atoms with Gasteiger partial charge in [-0.2, -0.15) is 18.2 Å². The third-order valence-corrected chi connectivity index (χ3v) is 3.67. The number of aromatic nitrogens is 3. The maximum absolute atomic E-state index is 12.7. The lowest BCUT2D eigenvalue weighted by Crippen LogP contribution is -2.19. The zero-order valence-corrected chi connectivity index (χ0v) is 10.8. The Kier molecular flexibility index (Phi) is 3.30. The number of rotatable bonds is 2. The van der Waals surface area contributed by atoms with E-state index in [-0.39, 0.29) is 36.2 Å². The summed E-state index contributed by atoms with van der Waals surface area (Å²) in [6.45, 7) is 0. The third-order valence-electron chi connectivity index (χ3n) is 3.67. The van der Waals surface area contributed by atoms with E-state index in [1.165, 1.54) is 18.5 Å². The molecule has 0 aliphatic heterocycles. The Balaban J connectivity index is 1.77. The molecule has 112 valence electrons. The lowest BCUT2D eigenvalue weighted by molar-refractivity contribution is -0.172. The molecule has 1 aliphatic carbocycles. The van der Waals surface area contributed by atoms with Gasteiger partial charge in [-0.1, -0.05) is 5.16 Å². The van der Waals surface area contributed by atoms with E-state index in [4.69, 9.17) is 4.52 Å². The van der Waals surface area contributed by atoms with Gasteiger partial charge in [0.2, 0.25) is 11.7 Å². The number of pyridine rings is 1. The van der Waals surface area contributed by atoms with Crippen LogP contribution in [0.25, 0.3) is 11.4 Å². The molecule has 1 saturated carbocycles. The van der Waals surface area contributed by atoms with Crippen molar-refractivity contribution >= 4 is 0 Å². The second kappa shape index (κ2) is 5.01. The second-order valence-corrected chi connectivity index (χ2v) is 5.14. The number of hydrogen-bond acceptors (Lipinski definition) is 5. The molecule has 0 spiro atoms. The van der Waals surface area contributed by atoms with Crippen molar-refractivity contribution in [1.82, 2.24) is 15.1 Å². The smallest absolute Gasteiger partial charge is 0.391 e. The average molecular weight is 299 g/mol. The van der Waals surface area contributed by atoms with Gasteiger partial charge >= 0.3 is 6.18 Å². The molecular formula is C13H12F3N3O2. The van der Waals surface area contributed by atoms with Crippen LogP contribution < -0.4 is 0 Å². The van der Waals surface area contributed by atoms with Crippen molar-refractivity contribution in [2.75, 3.05) is 0 Å². The van der Waals surface area contributed by atoms with Gasteiger partial charge in [0.25, 0.3) is 0 Å². The van der Waals surface area contributed by atoms with E-state index in [1.807, 2.05) is 0 Å². The molecule has 5 nitrogen and oxygen atoms in total. The largest absolute Gasteiger partial charge is 0.506 e. The Morgan fingerprint density at radius 1 is 1.24 bits per heavy atom. The summed E-state index contributed by atoms with van der Waals surface area (Å²) in [5.41, 5.74) is 0.454. The minimum absolute atomic E-state index is 0.0244. The van der Waals surface area contributed by atoms with Crippen molar-refractivity contribution in [3.05, 3.63) is 24.4 Å². The molecule has 21 heavy (non-hydrogen) atoms. The highest BCUT2D eigenvalue weighted by molar-refractivity contribution is 5.54. The standard InChI is InChI=1S/C13H12F3N3O2/c14-13(15,16)9-2-1-7(3-9)12-18-11(19-21-12)8-4-10(20)6-17-5-8/h4-7,9,20H,1-3H2. The summed E-state index contributed by atoms with van der Waals surface area (Å²) < 4.78 is 43.1. The first-order valence-corrected chi connectivity index (χ1v) is 6.48. The number of hydrogen-bond donors (Lipinski definition) is 1. The van der Waals surface area contributed by atoms with Crippen LogP contribution in [0, 0.1) is 5.92 Å². The van der Waals surface area contributed by atoms with E-state index in [2.05, 4.69) is 15.1 Å². The van der Waals surface area contributed by atoms with Crippen LogP contribution in [0.15, 0.2) is 23.0 Å². The van der Waals surface area contributed by atoms with Crippen molar-refractivity contribution in [3.8, 4) is 17.1 Å². The molecule has 0 aromatic carbocycles. The van der Waals surface area contributed by atoms with Gasteiger partial charge in [0.15, 0.2) is 0 Å². The molecule has 8 heteroatoms. The fourth-order valence-corrected chi connectivity index (χ4v) is 2.57. The molecule has 0 amide bonds. The Morgan fingerprint density at radius 3 is 2.71 bits per heavy atom. The SMILES string of the molecule is Oc1cncc(-c2noc(C3CCC(C(F)(F)F)C3)n2)c1. The quantitative estimate of drug-likeness (QED) is 0.921. The monoisotopic (exact) mass is 299 g/mol. The van der Waals surface area contributed by atoms with E-state index in [9.17, 15) is 18.3 Å². The predicted octanol–water partition coefficient (Wildman–Crippen LogP) is 3.28. The number of nitrogens with zero attached hydrogens (tertiary/aromatic N) is 3. The molecule has 0 radical (unpaired) electrons. The topological polar surface area (TPSA) is 72.0 Å². The summed E-state index contributed by atoms with van der Waals surface area (Å²) in [6.07, 6.45) is -1.03. The van der Waals surface area contributed by atoms with Crippen LogP contribution in [-0.4, -0.2) is 26.4 Å². The highest BCUT2D eigenvalue weighted by Crippen LogP contribution is 2.45. The Hall–Kier alpha value is -2.12. The molecule has 0 saturated heterocycles. The second-order valence-electron chi connectivity index (χ2n) is 5.14. The van der Waals surface area contributed by atoms with Gasteiger partial charge in [-0.15, -0.1) is 0 Å². The molecule has 1 N–H and O–H groups in total. The van der Waals surface area contributed by atoms with Crippen LogP contribution in [0.2, 0.25) is 0 Å². The van der Waals surface area contributed by atoms with Crippen LogP contribution in [0.4, 0.5) is 13.2 Å². The molecule has 2 aromatic heterocycles. The minimum atomic E-state index is -4.17. The van der Waals surface area contributed by atoms with E-state index in [0.717, 1.165) is 0 Å². The maximum atomic E-state index is 12.7. The van der Waals surface area contributed by atoms with Crippen molar-refractivity contribution in [3.63, 3.8) is 0 Å². The zero-order chi connectivity index (χ0) is 15.0. The molecule has 2 aromatic rings. The Morgan fingerprint density at radius 2 is 2.05 bits per heavy atom. The molecule has 2 atom stereocenters. The molecule has 1 aliphatic rings. The Labute approximate surface area is 117 Å². The Bertz CT molecular complexity index is 642. The summed E-state index contributed by atoms with van der Waals surface area (Å²) in [6, 6.07) is 1.41. The van der Waals surface area contributed by atoms with Crippen molar-refractivity contribution in [2.24, 2.45) is 5.92 Å². The van der Waals surface area contributed by atoms with Gasteiger partial charge in [-0.25, -0.2) is 0 Å². The fourth-order valence-electron chi connectivity index (χ4n) is 2.57. The summed E-state index contributed by atoms with van der Waals surface area (Å²) in [5, 5.41) is 13.1. The maximum Gasteiger partial charge on any atom is 0.391 e. The first-order chi connectivity index (χ1) is 9.93. The van der Waals surface area contributed by atoms with Crippen molar-refractivity contribution < 1.29 is 22.8 Å². The third kappa shape index (κ3) is 2.84. The zero-order valence-electron chi connectivity index (χ0n) is 10.8. The first kappa shape index (κ1) is 13.8. The lowest BCUT2D eigenvalue weighted by atomic mass is 10.0. The molecule has 2 heterocycles. The van der Waals surface area contributed by atoms with Crippen LogP contribution in [0.3, 0.4) is 0 Å². The van der Waals surface area contributed by atoms with Gasteiger partial charge in [0.05, 0.1) is 12.1 Å². The molecule has 1 fully saturated rings. The van der Waals surface area contributed by atoms with Crippen LogP contribution in [-0.2, 0) is 0 Å². The summed E-state index contributed by atoms with van der Waals surface area (Å²) >= 11 is 0. The summed E-state index contributed by atoms with van der Waals surface area (Å²) in [4.78, 5) is 7.92. The number of aromatic hydroxyl groups is 1. The van der Waals surface area contributed by atoms with Crippen LogP contribution in [0.1, 0.15) is 31.1 Å². The molecular weight excluding hydrogens is 287 g/mol. The van der Waals surface area contributed by atoms with E-state index < -0.39 is 12.1 Å². The highest BCUT2D eigenvalue weighted by Gasteiger charge is 2.45. The number of halogens is 3. The highest BCUT2D eigenvalue weighted by atomic mass is 19.4. The molecule has 2 unspecified atom stereocenters. The molecule has 3 rings (SSSR count). The average Bonchev–Trinajstić information content (AvgIpc) is 3.07. The van der Waals surface area contributed by atoms with Gasteiger partial charge in [-0.05, 0) is 25.3 Å². The molecule has 0 bridgehead atoms. The summed E-state index contributed by atoms with van der Waals surface area (Å²) in [5.74, 6) is -1.30. The van der Waals surface area contributed by atoms with Crippen molar-refractivity contribution in [2.45, 2.75) is 31.4 Å². The first-order valence-electron chi connectivity index (χ1n) is 6.48. The van der Waals surface area contributed by atoms with Gasteiger partial charge in [-0.3, -0.25) is 4.98 Å². The fraction of sp³-hybridized carbons (Fsp3) is 0.462. The van der Waals surface area contributed by atoms with E-state index >= 15 is 0 Å². The van der Waals surface area contributed by atoms with Gasteiger partial charge in [0, 0.05) is 17.7 Å². The van der Waals surface area contributed by atoms with E-state index in [1.54, 1.807) is 0 Å². The van der Waals surface area contributed by atoms with Gasteiger partial charge in [0.1, 0.15) is 5.75 Å². The minimum Gasteiger partial charge on any atom is -0.506 e.